The first-order valence-electron chi connectivity index (χ1n) is 10.8. The Bertz CT molecular complexity index is 1100. The van der Waals surface area contributed by atoms with E-state index < -0.39 is 0 Å². The number of aromatic nitrogens is 3. The van der Waals surface area contributed by atoms with Gasteiger partial charge >= 0.3 is 0 Å². The Labute approximate surface area is 198 Å². The number of hydrogen-bond acceptors (Lipinski definition) is 7. The molecule has 0 atom stereocenters. The molecule has 0 radical (unpaired) electrons. The normalized spacial score (nSPS) is 10.5. The van der Waals surface area contributed by atoms with Crippen molar-refractivity contribution in [3.05, 3.63) is 65.0 Å². The van der Waals surface area contributed by atoms with Crippen molar-refractivity contribution in [1.29, 1.82) is 0 Å². The van der Waals surface area contributed by atoms with Crippen molar-refractivity contribution in [2.75, 3.05) is 34.4 Å². The summed E-state index contributed by atoms with van der Waals surface area (Å²) in [5, 5.41) is 12.9. The molecule has 180 valence electrons. The van der Waals surface area contributed by atoms with Crippen molar-refractivity contribution in [2.24, 2.45) is 0 Å². The summed E-state index contributed by atoms with van der Waals surface area (Å²) in [6.45, 7) is 2.94. The van der Waals surface area contributed by atoms with Gasteiger partial charge in [-0.1, -0.05) is 31.2 Å². The summed E-state index contributed by atoms with van der Waals surface area (Å²) in [5.41, 5.74) is 2.69. The van der Waals surface area contributed by atoms with Gasteiger partial charge in [-0.25, -0.2) is 0 Å². The van der Waals surface area contributed by atoms with Crippen LogP contribution < -0.4 is 19.5 Å². The van der Waals surface area contributed by atoms with Gasteiger partial charge in [0.25, 0.3) is 11.8 Å². The van der Waals surface area contributed by atoms with Crippen molar-refractivity contribution in [1.82, 2.24) is 25.6 Å². The number of aryl methyl sites for hydroxylation is 1. The highest BCUT2D eigenvalue weighted by Gasteiger charge is 2.22. The number of hydrogen-bond donors (Lipinski definition) is 2. The Hall–Kier alpha value is -4.08. The average molecular weight is 468 g/mol. The van der Waals surface area contributed by atoms with Crippen molar-refractivity contribution in [3.63, 3.8) is 0 Å². The zero-order valence-corrected chi connectivity index (χ0v) is 19.8. The fourth-order valence-electron chi connectivity index (χ4n) is 3.50. The van der Waals surface area contributed by atoms with Crippen LogP contribution in [0.1, 0.15) is 38.9 Å². The number of amides is 2. The highest BCUT2D eigenvalue weighted by atomic mass is 16.5. The van der Waals surface area contributed by atoms with Gasteiger partial charge in [-0.2, -0.15) is 15.4 Å². The van der Waals surface area contributed by atoms with Crippen LogP contribution in [0.15, 0.2) is 42.6 Å². The highest BCUT2D eigenvalue weighted by molar-refractivity contribution is 5.98. The Kier molecular flexibility index (Phi) is 8.44. The van der Waals surface area contributed by atoms with Crippen molar-refractivity contribution < 1.29 is 23.8 Å². The second-order valence-corrected chi connectivity index (χ2v) is 7.39. The maximum atomic E-state index is 13.0. The summed E-state index contributed by atoms with van der Waals surface area (Å²) in [6.07, 6.45) is 2.32. The molecule has 0 unspecified atom stereocenters. The first-order valence-corrected chi connectivity index (χ1v) is 10.8. The number of rotatable bonds is 11. The molecule has 0 saturated heterocycles. The van der Waals surface area contributed by atoms with Gasteiger partial charge in [0, 0.05) is 19.6 Å². The van der Waals surface area contributed by atoms with Gasteiger partial charge in [0.15, 0.2) is 17.2 Å². The first-order chi connectivity index (χ1) is 16.5. The summed E-state index contributed by atoms with van der Waals surface area (Å²) in [4.78, 5) is 27.5. The van der Waals surface area contributed by atoms with E-state index in [4.69, 9.17) is 14.2 Å². The minimum Gasteiger partial charge on any atom is -0.493 e. The molecule has 2 N–H and O–H groups in total. The fourth-order valence-corrected chi connectivity index (χ4v) is 3.50. The van der Waals surface area contributed by atoms with Gasteiger partial charge in [0.1, 0.15) is 0 Å². The SMILES string of the molecule is CCc1ccc(CN(CCNC(=O)c2ccc(OC)c(OC)c2OC)C(=O)c2cn[nH]n2)cc1. The van der Waals surface area contributed by atoms with Crippen LogP contribution in [-0.2, 0) is 13.0 Å². The van der Waals surface area contributed by atoms with Crippen molar-refractivity contribution in [2.45, 2.75) is 19.9 Å². The Morgan fingerprint density at radius 2 is 1.68 bits per heavy atom. The van der Waals surface area contributed by atoms with Crippen LogP contribution in [0.2, 0.25) is 0 Å². The van der Waals surface area contributed by atoms with E-state index in [1.807, 2.05) is 24.3 Å². The first kappa shape index (κ1) is 24.6. The van der Waals surface area contributed by atoms with Gasteiger partial charge in [0.05, 0.1) is 33.1 Å². The van der Waals surface area contributed by atoms with Crippen LogP contribution in [0, 0.1) is 0 Å². The van der Waals surface area contributed by atoms with Crippen LogP contribution in [0.5, 0.6) is 17.2 Å². The standard InChI is InChI=1S/C24H29N5O5/c1-5-16-6-8-17(9-7-16)15-29(24(31)19-14-26-28-27-19)13-12-25-23(30)18-10-11-20(32-2)22(34-4)21(18)33-3/h6-11,14H,5,12-13,15H2,1-4H3,(H,25,30)(H,26,27,28). The van der Waals surface area contributed by atoms with Crippen molar-refractivity contribution in [3.8, 4) is 17.2 Å². The van der Waals surface area contributed by atoms with Gasteiger partial charge in [0.2, 0.25) is 5.75 Å². The number of aromatic amines is 1. The van der Waals surface area contributed by atoms with Gasteiger partial charge < -0.3 is 24.4 Å². The van der Waals surface area contributed by atoms with Gasteiger partial charge in [-0.15, -0.1) is 0 Å². The summed E-state index contributed by atoms with van der Waals surface area (Å²) in [5.74, 6) is 0.404. The molecule has 0 saturated carbocycles. The molecule has 1 aromatic heterocycles. The maximum absolute atomic E-state index is 13.0. The lowest BCUT2D eigenvalue weighted by Crippen LogP contribution is -2.38. The van der Waals surface area contributed by atoms with E-state index in [2.05, 4.69) is 27.7 Å². The van der Waals surface area contributed by atoms with E-state index >= 15 is 0 Å². The number of carbonyl (C=O) groups is 2. The summed E-state index contributed by atoms with van der Waals surface area (Å²) in [6, 6.07) is 11.3. The van der Waals surface area contributed by atoms with Crippen molar-refractivity contribution >= 4 is 11.8 Å². The van der Waals surface area contributed by atoms with E-state index in [0.717, 1.165) is 12.0 Å². The van der Waals surface area contributed by atoms with Crippen LogP contribution in [0.4, 0.5) is 0 Å². The lowest BCUT2D eigenvalue weighted by Gasteiger charge is -2.22. The summed E-state index contributed by atoms with van der Waals surface area (Å²) >= 11 is 0. The lowest BCUT2D eigenvalue weighted by molar-refractivity contribution is 0.0730. The predicted molar refractivity (Wildman–Crippen MR) is 125 cm³/mol. The van der Waals surface area contributed by atoms with Gasteiger partial charge in [-0.3, -0.25) is 9.59 Å². The third-order valence-corrected chi connectivity index (χ3v) is 5.34. The molecule has 3 aromatic rings. The molecule has 0 aliphatic rings. The van der Waals surface area contributed by atoms with E-state index in [1.54, 1.807) is 17.0 Å². The second kappa shape index (κ2) is 11.7. The minimum atomic E-state index is -0.362. The third kappa shape index (κ3) is 5.64. The second-order valence-electron chi connectivity index (χ2n) is 7.39. The number of methoxy groups -OCH3 is 3. The number of benzene rings is 2. The van der Waals surface area contributed by atoms with Crippen LogP contribution in [-0.4, -0.2) is 66.5 Å². The molecule has 0 spiro atoms. The number of carbonyl (C=O) groups excluding carboxylic acids is 2. The molecule has 3 rings (SSSR count). The quantitative estimate of drug-likeness (QED) is 0.445. The molecule has 2 amide bonds. The Balaban J connectivity index is 1.72. The molecule has 0 bridgehead atoms. The number of nitrogens with one attached hydrogen (secondary N) is 2. The molecule has 0 fully saturated rings. The summed E-state index contributed by atoms with van der Waals surface area (Å²) < 4.78 is 16.0. The van der Waals surface area contributed by atoms with E-state index in [-0.39, 0.29) is 36.3 Å². The molecule has 10 nitrogen and oxygen atoms in total. The monoisotopic (exact) mass is 467 g/mol. The van der Waals surface area contributed by atoms with E-state index in [1.165, 1.54) is 33.1 Å². The van der Waals surface area contributed by atoms with Gasteiger partial charge in [-0.05, 0) is 29.7 Å². The smallest absolute Gasteiger partial charge is 0.276 e. The molecular formula is C24H29N5O5. The molecule has 10 heteroatoms. The maximum Gasteiger partial charge on any atom is 0.276 e. The predicted octanol–water partition coefficient (Wildman–Crippen LogP) is 2.47. The molecule has 34 heavy (non-hydrogen) atoms. The molecule has 0 aliphatic carbocycles. The molecule has 1 heterocycles. The van der Waals surface area contributed by atoms with Crippen LogP contribution >= 0.6 is 0 Å². The van der Waals surface area contributed by atoms with E-state index in [9.17, 15) is 9.59 Å². The molecule has 0 aliphatic heterocycles. The number of ether oxygens (including phenoxy) is 3. The number of nitrogens with zero attached hydrogens (tertiary/aromatic N) is 3. The third-order valence-electron chi connectivity index (χ3n) is 5.34. The minimum absolute atomic E-state index is 0.207. The zero-order chi connectivity index (χ0) is 24.5. The van der Waals surface area contributed by atoms with E-state index in [0.29, 0.717) is 23.6 Å². The topological polar surface area (TPSA) is 119 Å². The lowest BCUT2D eigenvalue weighted by atomic mass is 10.1. The average Bonchev–Trinajstić information content (AvgIpc) is 3.42. The van der Waals surface area contributed by atoms with Crippen LogP contribution in [0.3, 0.4) is 0 Å². The highest BCUT2D eigenvalue weighted by Crippen LogP contribution is 2.39. The zero-order valence-electron chi connectivity index (χ0n) is 19.8. The van der Waals surface area contributed by atoms with Crippen LogP contribution in [0.25, 0.3) is 0 Å². The Morgan fingerprint density at radius 1 is 0.971 bits per heavy atom. The fraction of sp³-hybridized carbons (Fsp3) is 0.333. The number of H-pyrrole nitrogens is 1. The molecular weight excluding hydrogens is 438 g/mol. The summed E-state index contributed by atoms with van der Waals surface area (Å²) in [7, 11) is 4.44. The Morgan fingerprint density at radius 3 is 2.26 bits per heavy atom. The molecule has 2 aromatic carbocycles. The largest absolute Gasteiger partial charge is 0.493 e.